The molecule has 3 aliphatic rings. The zero-order valence-corrected chi connectivity index (χ0v) is 27.3. The van der Waals surface area contributed by atoms with E-state index in [4.69, 9.17) is 14.2 Å². The molecule has 1 aromatic heterocycles. The van der Waals surface area contributed by atoms with E-state index in [0.29, 0.717) is 67.3 Å². The number of carbonyl (C=O) groups is 1. The van der Waals surface area contributed by atoms with Crippen molar-refractivity contribution in [2.24, 2.45) is 0 Å². The number of rotatable bonds is 12. The summed E-state index contributed by atoms with van der Waals surface area (Å²) in [7, 11) is -2.16. The van der Waals surface area contributed by atoms with E-state index in [9.17, 15) is 13.2 Å². The van der Waals surface area contributed by atoms with Crippen LogP contribution in [0.2, 0.25) is 0 Å². The maximum absolute atomic E-state index is 13.8. The fraction of sp³-hybridized carbons (Fsp3) is 0.636. The van der Waals surface area contributed by atoms with Gasteiger partial charge in [-0.05, 0) is 106 Å². The van der Waals surface area contributed by atoms with Crippen molar-refractivity contribution in [3.63, 3.8) is 0 Å². The van der Waals surface area contributed by atoms with E-state index in [-0.39, 0.29) is 25.2 Å². The number of nitrogens with zero attached hydrogens (tertiary/aromatic N) is 4. The third kappa shape index (κ3) is 7.45. The largest absolute Gasteiger partial charge is 0.497 e. The summed E-state index contributed by atoms with van der Waals surface area (Å²) in [6.07, 6.45) is 9.96. The molecule has 0 radical (unpaired) electrons. The Balaban J connectivity index is 1.16. The maximum atomic E-state index is 13.8. The van der Waals surface area contributed by atoms with Crippen molar-refractivity contribution in [3.05, 3.63) is 53.3 Å². The number of hydrogen-bond acceptors (Lipinski definition) is 8. The smallest absolute Gasteiger partial charge is 0.248 e. The fourth-order valence-electron chi connectivity index (χ4n) is 7.05. The Bertz CT molecular complexity index is 1330. The van der Waals surface area contributed by atoms with E-state index in [1.165, 1.54) is 12.8 Å². The molecule has 2 aromatic rings. The predicted molar refractivity (Wildman–Crippen MR) is 168 cm³/mol. The second-order valence-electron chi connectivity index (χ2n) is 12.4. The number of benzene rings is 1. The van der Waals surface area contributed by atoms with Gasteiger partial charge in [-0.3, -0.25) is 9.78 Å². The molecule has 11 heteroatoms. The van der Waals surface area contributed by atoms with Crippen LogP contribution >= 0.6 is 0 Å². The molecule has 3 aliphatic heterocycles. The highest BCUT2D eigenvalue weighted by molar-refractivity contribution is 7.89. The maximum Gasteiger partial charge on any atom is 0.248 e. The minimum Gasteiger partial charge on any atom is -0.497 e. The number of pyridine rings is 1. The Morgan fingerprint density at radius 3 is 2.30 bits per heavy atom. The van der Waals surface area contributed by atoms with Gasteiger partial charge in [0.15, 0.2) is 0 Å². The van der Waals surface area contributed by atoms with Gasteiger partial charge in [0.1, 0.15) is 12.4 Å². The first-order chi connectivity index (χ1) is 21.2. The van der Waals surface area contributed by atoms with Crippen LogP contribution < -0.4 is 4.74 Å². The van der Waals surface area contributed by atoms with Crippen molar-refractivity contribution in [3.8, 4) is 5.75 Å². The molecule has 3 fully saturated rings. The minimum absolute atomic E-state index is 0.0664. The Morgan fingerprint density at radius 2 is 1.64 bits per heavy atom. The van der Waals surface area contributed by atoms with Gasteiger partial charge < -0.3 is 24.0 Å². The lowest BCUT2D eigenvalue weighted by molar-refractivity contribution is -0.144. The number of piperidine rings is 2. The molecule has 0 spiro atoms. The van der Waals surface area contributed by atoms with E-state index < -0.39 is 15.6 Å². The van der Waals surface area contributed by atoms with Crippen molar-refractivity contribution < 1.29 is 27.4 Å². The molecule has 0 saturated carbocycles. The van der Waals surface area contributed by atoms with Crippen LogP contribution in [0.1, 0.15) is 61.6 Å². The number of hydrogen-bond donors (Lipinski definition) is 0. The molecule has 0 bridgehead atoms. The van der Waals surface area contributed by atoms with Crippen molar-refractivity contribution in [2.75, 3.05) is 66.2 Å². The Kier molecular flexibility index (Phi) is 10.9. The Labute approximate surface area is 262 Å². The number of likely N-dealkylation sites (tertiary alicyclic amines) is 2. The van der Waals surface area contributed by atoms with Gasteiger partial charge in [0.2, 0.25) is 15.9 Å². The predicted octanol–water partition coefficient (Wildman–Crippen LogP) is 3.90. The van der Waals surface area contributed by atoms with Crippen LogP contribution in [0.25, 0.3) is 0 Å². The summed E-state index contributed by atoms with van der Waals surface area (Å²) in [5.41, 5.74) is 2.00. The molecule has 0 aliphatic carbocycles. The summed E-state index contributed by atoms with van der Waals surface area (Å²) in [4.78, 5) is 22.0. The van der Waals surface area contributed by atoms with Crippen LogP contribution in [0.4, 0.5) is 0 Å². The molecule has 242 valence electrons. The first-order valence-corrected chi connectivity index (χ1v) is 17.5. The van der Waals surface area contributed by atoms with Crippen molar-refractivity contribution in [1.82, 2.24) is 19.1 Å². The second-order valence-corrected chi connectivity index (χ2v) is 14.2. The number of aromatic nitrogens is 1. The third-order valence-electron chi connectivity index (χ3n) is 9.46. The molecule has 0 N–H and O–H groups in total. The summed E-state index contributed by atoms with van der Waals surface area (Å²) in [5.74, 6) is 0.567. The third-order valence-corrected chi connectivity index (χ3v) is 11.7. The highest BCUT2D eigenvalue weighted by atomic mass is 32.2. The minimum atomic E-state index is -3.74. The molecule has 44 heavy (non-hydrogen) atoms. The normalized spacial score (nSPS) is 21.4. The highest BCUT2D eigenvalue weighted by Crippen LogP contribution is 2.37. The molecule has 1 aromatic carbocycles. The average molecular weight is 629 g/mol. The summed E-state index contributed by atoms with van der Waals surface area (Å²) in [6.45, 7) is 9.19. The SMILES string of the molecule is COc1cc(C)c(S(=O)(=O)N2CCCC[C@H]2COCC(=O)N2CCC(OCCN3CCCC3)(c3ccncc3)CC2)c(C)c1. The van der Waals surface area contributed by atoms with Gasteiger partial charge in [-0.1, -0.05) is 6.42 Å². The van der Waals surface area contributed by atoms with Gasteiger partial charge in [-0.2, -0.15) is 4.31 Å². The number of sulfonamides is 1. The first-order valence-electron chi connectivity index (χ1n) is 16.0. The van der Waals surface area contributed by atoms with Gasteiger partial charge in [-0.15, -0.1) is 0 Å². The number of carbonyl (C=O) groups excluding carboxylic acids is 1. The monoisotopic (exact) mass is 628 g/mol. The molecular formula is C33H48N4O6S. The molecule has 1 amide bonds. The van der Waals surface area contributed by atoms with Crippen molar-refractivity contribution >= 4 is 15.9 Å². The van der Waals surface area contributed by atoms with Gasteiger partial charge >= 0.3 is 0 Å². The van der Waals surface area contributed by atoms with Crippen LogP contribution in [0.15, 0.2) is 41.6 Å². The first kappa shape index (κ1) is 32.8. The van der Waals surface area contributed by atoms with E-state index in [2.05, 4.69) is 9.88 Å². The second kappa shape index (κ2) is 14.7. The highest BCUT2D eigenvalue weighted by Gasteiger charge is 2.39. The lowest BCUT2D eigenvalue weighted by atomic mass is 9.84. The zero-order chi connectivity index (χ0) is 31.2. The molecule has 0 unspecified atom stereocenters. The molecule has 5 rings (SSSR count). The van der Waals surface area contributed by atoms with Crippen molar-refractivity contribution in [1.29, 1.82) is 0 Å². The van der Waals surface area contributed by atoms with Crippen molar-refractivity contribution in [2.45, 2.75) is 75.3 Å². The Hall–Kier alpha value is -2.57. The van der Waals surface area contributed by atoms with Gasteiger partial charge in [0.25, 0.3) is 0 Å². The van der Waals surface area contributed by atoms with Gasteiger partial charge in [0.05, 0.1) is 30.8 Å². The Morgan fingerprint density at radius 1 is 0.977 bits per heavy atom. The molecule has 4 heterocycles. The topological polar surface area (TPSA) is 102 Å². The number of ether oxygens (including phenoxy) is 3. The molecule has 10 nitrogen and oxygen atoms in total. The van der Waals surface area contributed by atoms with Crippen LogP contribution in [-0.2, 0) is 29.9 Å². The van der Waals surface area contributed by atoms with Gasteiger partial charge in [0, 0.05) is 44.6 Å². The summed E-state index contributed by atoms with van der Waals surface area (Å²) >= 11 is 0. The fourth-order valence-corrected chi connectivity index (χ4v) is 9.14. The van der Waals surface area contributed by atoms with Crippen LogP contribution in [0, 0.1) is 13.8 Å². The lowest BCUT2D eigenvalue weighted by Crippen LogP contribution is -2.49. The quantitative estimate of drug-likeness (QED) is 0.349. The van der Waals surface area contributed by atoms with E-state index in [1.54, 1.807) is 49.8 Å². The van der Waals surface area contributed by atoms with E-state index >= 15 is 0 Å². The molecular weight excluding hydrogens is 580 g/mol. The van der Waals surface area contributed by atoms with Crippen LogP contribution in [0.3, 0.4) is 0 Å². The number of aryl methyl sites for hydroxylation is 2. The van der Waals surface area contributed by atoms with Crippen LogP contribution in [-0.4, -0.2) is 106 Å². The van der Waals surface area contributed by atoms with E-state index in [1.807, 2.05) is 17.0 Å². The molecule has 3 saturated heterocycles. The zero-order valence-electron chi connectivity index (χ0n) is 26.5. The summed E-state index contributed by atoms with van der Waals surface area (Å²) in [5, 5.41) is 0. The van der Waals surface area contributed by atoms with E-state index in [0.717, 1.165) is 38.0 Å². The number of amides is 1. The van der Waals surface area contributed by atoms with Crippen LogP contribution in [0.5, 0.6) is 5.75 Å². The summed E-state index contributed by atoms with van der Waals surface area (Å²) in [6, 6.07) is 7.25. The molecule has 1 atom stereocenters. The summed E-state index contributed by atoms with van der Waals surface area (Å²) < 4.78 is 47.2. The standard InChI is InChI=1S/C33H48N4O6S/c1-26-22-30(41-3)23-27(2)32(26)44(39,40)37-17-5-4-8-29(37)24-42-25-31(38)36-18-11-33(12-19-36,28-9-13-34-14-10-28)43-21-20-35-15-6-7-16-35/h9-10,13-14,22-23,29H,4-8,11-12,15-21,24-25H2,1-3H3/t29-/m0/s1. The van der Waals surface area contributed by atoms with Gasteiger partial charge in [-0.25, -0.2) is 8.42 Å². The lowest BCUT2D eigenvalue weighted by Gasteiger charge is -2.42. The average Bonchev–Trinajstić information content (AvgIpc) is 3.55. The number of methoxy groups -OCH3 is 1.